The minimum atomic E-state index is -0.0591. The van der Waals surface area contributed by atoms with Crippen molar-refractivity contribution in [1.29, 1.82) is 0 Å². The third-order valence-corrected chi connectivity index (χ3v) is 3.64. The van der Waals surface area contributed by atoms with Gasteiger partial charge in [-0.1, -0.05) is 18.2 Å². The zero-order valence-corrected chi connectivity index (χ0v) is 10.6. The van der Waals surface area contributed by atoms with Crippen molar-refractivity contribution in [1.82, 2.24) is 10.2 Å². The first-order chi connectivity index (χ1) is 9.25. The van der Waals surface area contributed by atoms with Gasteiger partial charge >= 0.3 is 0 Å². The average molecular weight is 260 g/mol. The van der Waals surface area contributed by atoms with Crippen LogP contribution in [-0.4, -0.2) is 36.4 Å². The van der Waals surface area contributed by atoms with Crippen molar-refractivity contribution in [3.8, 4) is 5.75 Å². The highest BCUT2D eigenvalue weighted by molar-refractivity contribution is 5.87. The topological polar surface area (TPSA) is 58.6 Å². The van der Waals surface area contributed by atoms with E-state index in [1.165, 1.54) is 0 Å². The van der Waals surface area contributed by atoms with Crippen molar-refractivity contribution < 1.29 is 14.3 Å². The quantitative estimate of drug-likeness (QED) is 0.814. The molecule has 2 aliphatic heterocycles. The molecule has 1 N–H and O–H groups in total. The van der Waals surface area contributed by atoms with E-state index in [0.29, 0.717) is 19.6 Å². The number of nitrogens with one attached hydrogen (secondary N) is 1. The Kier molecular flexibility index (Phi) is 3.11. The zero-order chi connectivity index (χ0) is 13.2. The number of carbonyl (C=O) groups is 2. The van der Waals surface area contributed by atoms with E-state index < -0.39 is 0 Å². The Morgan fingerprint density at radius 2 is 2.11 bits per heavy atom. The van der Waals surface area contributed by atoms with Gasteiger partial charge in [-0.05, 0) is 6.07 Å². The number of amides is 2. The fourth-order valence-electron chi connectivity index (χ4n) is 2.69. The predicted molar refractivity (Wildman–Crippen MR) is 68.6 cm³/mol. The van der Waals surface area contributed by atoms with E-state index >= 15 is 0 Å². The second-order valence-corrected chi connectivity index (χ2v) is 4.80. The maximum atomic E-state index is 12.1. The first kappa shape index (κ1) is 12.0. The highest BCUT2D eigenvalue weighted by atomic mass is 16.5. The van der Waals surface area contributed by atoms with Crippen molar-refractivity contribution in [3.63, 3.8) is 0 Å². The van der Waals surface area contributed by atoms with Crippen molar-refractivity contribution >= 4 is 11.8 Å². The fourth-order valence-corrected chi connectivity index (χ4v) is 2.69. The van der Waals surface area contributed by atoms with Crippen LogP contribution in [0.1, 0.15) is 24.4 Å². The summed E-state index contributed by atoms with van der Waals surface area (Å²) in [4.78, 5) is 25.3. The van der Waals surface area contributed by atoms with Crippen LogP contribution in [0.25, 0.3) is 0 Å². The summed E-state index contributed by atoms with van der Waals surface area (Å²) in [5, 5.41) is 2.63. The normalized spacial score (nSPS) is 23.2. The Morgan fingerprint density at radius 1 is 1.26 bits per heavy atom. The van der Waals surface area contributed by atoms with E-state index in [1.54, 1.807) is 4.90 Å². The van der Waals surface area contributed by atoms with Gasteiger partial charge in [0.1, 0.15) is 5.75 Å². The number of hydrogen-bond acceptors (Lipinski definition) is 3. The number of nitrogens with zero attached hydrogens (tertiary/aromatic N) is 1. The molecular weight excluding hydrogens is 244 g/mol. The van der Waals surface area contributed by atoms with Crippen LogP contribution in [0.2, 0.25) is 0 Å². The van der Waals surface area contributed by atoms with Crippen molar-refractivity contribution in [2.75, 3.05) is 19.7 Å². The summed E-state index contributed by atoms with van der Waals surface area (Å²) in [6.45, 7) is 1.18. The van der Waals surface area contributed by atoms with Gasteiger partial charge in [-0.15, -0.1) is 0 Å². The first-order valence-corrected chi connectivity index (χ1v) is 6.53. The number of rotatable bonds is 1. The molecule has 0 saturated carbocycles. The molecule has 5 nitrogen and oxygen atoms in total. The minimum absolute atomic E-state index is 0.0187. The predicted octanol–water partition coefficient (Wildman–Crippen LogP) is 0.859. The highest BCUT2D eigenvalue weighted by Gasteiger charge is 2.31. The van der Waals surface area contributed by atoms with Crippen molar-refractivity contribution in [3.05, 3.63) is 29.8 Å². The van der Waals surface area contributed by atoms with E-state index in [1.807, 2.05) is 24.3 Å². The Bertz CT molecular complexity index is 515. The third kappa shape index (κ3) is 2.28. The molecule has 2 aliphatic rings. The van der Waals surface area contributed by atoms with Crippen LogP contribution < -0.4 is 10.1 Å². The Morgan fingerprint density at radius 3 is 3.00 bits per heavy atom. The van der Waals surface area contributed by atoms with E-state index in [9.17, 15) is 9.59 Å². The molecule has 0 bridgehead atoms. The van der Waals surface area contributed by atoms with Crippen molar-refractivity contribution in [2.24, 2.45) is 0 Å². The van der Waals surface area contributed by atoms with Gasteiger partial charge in [0.15, 0.2) is 0 Å². The highest BCUT2D eigenvalue weighted by Crippen LogP contribution is 2.36. The lowest BCUT2D eigenvalue weighted by Crippen LogP contribution is -2.39. The van der Waals surface area contributed by atoms with Gasteiger partial charge in [-0.25, -0.2) is 0 Å². The van der Waals surface area contributed by atoms with Crippen LogP contribution in [0.5, 0.6) is 5.75 Å². The Labute approximate surface area is 111 Å². The molecule has 0 spiro atoms. The lowest BCUT2D eigenvalue weighted by Gasteiger charge is -2.34. The second kappa shape index (κ2) is 4.91. The molecule has 100 valence electrons. The van der Waals surface area contributed by atoms with Gasteiger partial charge in [0.05, 0.1) is 19.2 Å². The molecule has 1 saturated heterocycles. The van der Waals surface area contributed by atoms with Crippen LogP contribution in [-0.2, 0) is 9.59 Å². The lowest BCUT2D eigenvalue weighted by molar-refractivity contribution is -0.132. The van der Waals surface area contributed by atoms with Crippen LogP contribution in [0, 0.1) is 0 Å². The zero-order valence-electron chi connectivity index (χ0n) is 10.6. The van der Waals surface area contributed by atoms with Crippen molar-refractivity contribution in [2.45, 2.75) is 18.9 Å². The summed E-state index contributed by atoms with van der Waals surface area (Å²) in [5.41, 5.74) is 1.04. The fraction of sp³-hybridized carbons (Fsp3) is 0.429. The molecule has 19 heavy (non-hydrogen) atoms. The van der Waals surface area contributed by atoms with E-state index in [-0.39, 0.29) is 24.4 Å². The van der Waals surface area contributed by atoms with Gasteiger partial charge in [0.2, 0.25) is 11.8 Å². The summed E-state index contributed by atoms with van der Waals surface area (Å²) in [6, 6.07) is 7.81. The monoisotopic (exact) mass is 260 g/mol. The third-order valence-electron chi connectivity index (χ3n) is 3.64. The molecule has 1 atom stereocenters. The maximum absolute atomic E-state index is 12.1. The van der Waals surface area contributed by atoms with Crippen LogP contribution >= 0.6 is 0 Å². The maximum Gasteiger partial charge on any atom is 0.242 e. The molecule has 2 amide bonds. The SMILES string of the molecule is O=C1CCN(C2CCOc3ccccc32)C(=O)CN1. The molecule has 0 aromatic heterocycles. The molecule has 0 aliphatic carbocycles. The molecule has 5 heteroatoms. The van der Waals surface area contributed by atoms with Gasteiger partial charge < -0.3 is 15.0 Å². The molecular formula is C14H16N2O3. The number of benzene rings is 1. The summed E-state index contributed by atoms with van der Waals surface area (Å²) < 4.78 is 5.61. The molecule has 2 heterocycles. The Hall–Kier alpha value is -2.04. The average Bonchev–Trinajstić information content (AvgIpc) is 2.61. The number of hydrogen-bond donors (Lipinski definition) is 1. The molecule has 0 radical (unpaired) electrons. The van der Waals surface area contributed by atoms with Crippen LogP contribution in [0.15, 0.2) is 24.3 Å². The summed E-state index contributed by atoms with van der Waals surface area (Å²) in [5.74, 6) is 0.763. The van der Waals surface area contributed by atoms with E-state index in [2.05, 4.69) is 5.32 Å². The van der Waals surface area contributed by atoms with Crippen LogP contribution in [0.4, 0.5) is 0 Å². The van der Waals surface area contributed by atoms with Gasteiger partial charge in [-0.3, -0.25) is 9.59 Å². The van der Waals surface area contributed by atoms with E-state index in [4.69, 9.17) is 4.74 Å². The largest absolute Gasteiger partial charge is 0.493 e. The Balaban J connectivity index is 1.90. The summed E-state index contributed by atoms with van der Waals surface area (Å²) in [7, 11) is 0. The molecule has 1 unspecified atom stereocenters. The number of para-hydroxylation sites is 1. The summed E-state index contributed by atoms with van der Waals surface area (Å²) >= 11 is 0. The van der Waals surface area contributed by atoms with Gasteiger partial charge in [0.25, 0.3) is 0 Å². The van der Waals surface area contributed by atoms with Crippen LogP contribution in [0.3, 0.4) is 0 Å². The summed E-state index contributed by atoms with van der Waals surface area (Å²) in [6.07, 6.45) is 1.14. The first-order valence-electron chi connectivity index (χ1n) is 6.53. The number of ether oxygens (including phenoxy) is 1. The second-order valence-electron chi connectivity index (χ2n) is 4.80. The molecule has 1 fully saturated rings. The van der Waals surface area contributed by atoms with Gasteiger partial charge in [-0.2, -0.15) is 0 Å². The molecule has 1 aromatic carbocycles. The molecule has 3 rings (SSSR count). The molecule has 1 aromatic rings. The smallest absolute Gasteiger partial charge is 0.242 e. The van der Waals surface area contributed by atoms with Gasteiger partial charge in [0, 0.05) is 24.9 Å². The lowest BCUT2D eigenvalue weighted by atomic mass is 9.98. The number of carbonyl (C=O) groups excluding carboxylic acids is 2. The minimum Gasteiger partial charge on any atom is -0.493 e. The standard InChI is InChI=1S/C14H16N2O3/c17-13-5-7-16(14(18)9-15-13)11-6-8-19-12-4-2-1-3-10(11)12/h1-4,11H,5-9H2,(H,15,17). The number of fused-ring (bicyclic) bond motifs is 1. The van der Waals surface area contributed by atoms with E-state index in [0.717, 1.165) is 17.7 Å².